The summed E-state index contributed by atoms with van der Waals surface area (Å²) in [5.41, 5.74) is 2.59. The highest BCUT2D eigenvalue weighted by Gasteiger charge is 2.11. The van der Waals surface area contributed by atoms with E-state index in [0.29, 0.717) is 6.04 Å². The summed E-state index contributed by atoms with van der Waals surface area (Å²) in [6, 6.07) is 8.82. The summed E-state index contributed by atoms with van der Waals surface area (Å²) in [7, 11) is 3.88. The van der Waals surface area contributed by atoms with Gasteiger partial charge < -0.3 is 15.0 Å². The molecule has 0 saturated heterocycles. The standard InChI is InChI=1S/C14H24N2O/c1-5-15-13(11-17-4)10-16(3)14-9-7-6-8-12(14)2/h6-9,13,15H,5,10-11H2,1-4H3. The van der Waals surface area contributed by atoms with E-state index >= 15 is 0 Å². The van der Waals surface area contributed by atoms with Crippen molar-refractivity contribution in [2.24, 2.45) is 0 Å². The Kier molecular flexibility index (Phi) is 6.01. The van der Waals surface area contributed by atoms with Crippen LogP contribution in [-0.2, 0) is 4.74 Å². The van der Waals surface area contributed by atoms with Crippen molar-refractivity contribution in [3.8, 4) is 0 Å². The predicted octanol–water partition coefficient (Wildman–Crippen LogP) is 2.06. The third-order valence-electron chi connectivity index (χ3n) is 2.88. The monoisotopic (exact) mass is 236 g/mol. The Hall–Kier alpha value is -1.06. The molecule has 0 aliphatic carbocycles. The Labute approximate surface area is 105 Å². The Morgan fingerprint density at radius 3 is 2.65 bits per heavy atom. The first kappa shape index (κ1) is 14.0. The number of nitrogens with zero attached hydrogens (tertiary/aromatic N) is 1. The third kappa shape index (κ3) is 4.36. The molecule has 0 heterocycles. The van der Waals surface area contributed by atoms with E-state index in [2.05, 4.69) is 55.4 Å². The topological polar surface area (TPSA) is 24.5 Å². The van der Waals surface area contributed by atoms with Crippen molar-refractivity contribution >= 4 is 5.69 Å². The van der Waals surface area contributed by atoms with E-state index in [-0.39, 0.29) is 0 Å². The van der Waals surface area contributed by atoms with E-state index < -0.39 is 0 Å². The molecule has 0 aliphatic rings. The van der Waals surface area contributed by atoms with Gasteiger partial charge in [0.2, 0.25) is 0 Å². The average Bonchev–Trinajstić information content (AvgIpc) is 2.30. The van der Waals surface area contributed by atoms with Crippen molar-refractivity contribution in [1.29, 1.82) is 0 Å². The molecule has 0 amide bonds. The van der Waals surface area contributed by atoms with Crippen LogP contribution in [-0.4, -0.2) is 39.9 Å². The van der Waals surface area contributed by atoms with Crippen molar-refractivity contribution in [3.05, 3.63) is 29.8 Å². The molecule has 3 nitrogen and oxygen atoms in total. The lowest BCUT2D eigenvalue weighted by Crippen LogP contribution is -2.42. The van der Waals surface area contributed by atoms with Gasteiger partial charge >= 0.3 is 0 Å². The third-order valence-corrected chi connectivity index (χ3v) is 2.88. The molecule has 1 rings (SSSR count). The molecule has 0 fully saturated rings. The molecule has 0 saturated carbocycles. The minimum absolute atomic E-state index is 0.370. The van der Waals surface area contributed by atoms with Crippen molar-refractivity contribution in [2.75, 3.05) is 38.8 Å². The van der Waals surface area contributed by atoms with Crippen molar-refractivity contribution in [1.82, 2.24) is 5.32 Å². The van der Waals surface area contributed by atoms with E-state index in [1.807, 2.05) is 0 Å². The number of para-hydroxylation sites is 1. The normalized spacial score (nSPS) is 12.5. The second kappa shape index (κ2) is 7.30. The van der Waals surface area contributed by atoms with Gasteiger partial charge in [-0.15, -0.1) is 0 Å². The lowest BCUT2D eigenvalue weighted by molar-refractivity contribution is 0.169. The highest BCUT2D eigenvalue weighted by Crippen LogP contribution is 2.17. The lowest BCUT2D eigenvalue weighted by Gasteiger charge is -2.27. The smallest absolute Gasteiger partial charge is 0.0633 e. The van der Waals surface area contributed by atoms with Gasteiger partial charge in [-0.3, -0.25) is 0 Å². The van der Waals surface area contributed by atoms with E-state index in [1.165, 1.54) is 11.3 Å². The van der Waals surface area contributed by atoms with Crippen LogP contribution in [0.1, 0.15) is 12.5 Å². The van der Waals surface area contributed by atoms with Crippen LogP contribution in [0.25, 0.3) is 0 Å². The summed E-state index contributed by atoms with van der Waals surface area (Å²) in [6.07, 6.45) is 0. The highest BCUT2D eigenvalue weighted by molar-refractivity contribution is 5.52. The number of nitrogens with one attached hydrogen (secondary N) is 1. The van der Waals surface area contributed by atoms with Crippen molar-refractivity contribution < 1.29 is 4.74 Å². The highest BCUT2D eigenvalue weighted by atomic mass is 16.5. The van der Waals surface area contributed by atoms with Crippen LogP contribution in [0.5, 0.6) is 0 Å². The second-order valence-electron chi connectivity index (χ2n) is 4.38. The van der Waals surface area contributed by atoms with Gasteiger partial charge in [0.25, 0.3) is 0 Å². The Balaban J connectivity index is 2.63. The minimum Gasteiger partial charge on any atom is -0.383 e. The van der Waals surface area contributed by atoms with Crippen molar-refractivity contribution in [2.45, 2.75) is 19.9 Å². The molecule has 0 aliphatic heterocycles. The largest absolute Gasteiger partial charge is 0.383 e. The quantitative estimate of drug-likeness (QED) is 0.784. The van der Waals surface area contributed by atoms with Crippen LogP contribution >= 0.6 is 0 Å². The molecule has 1 aromatic rings. The first-order valence-corrected chi connectivity index (χ1v) is 6.18. The SMILES string of the molecule is CCNC(COC)CN(C)c1ccccc1C. The van der Waals surface area contributed by atoms with E-state index in [0.717, 1.165) is 19.7 Å². The predicted molar refractivity (Wildman–Crippen MR) is 73.8 cm³/mol. The van der Waals surface area contributed by atoms with Crippen LogP contribution in [0.15, 0.2) is 24.3 Å². The van der Waals surface area contributed by atoms with Gasteiger partial charge in [0.1, 0.15) is 0 Å². The van der Waals surface area contributed by atoms with Gasteiger partial charge in [-0.25, -0.2) is 0 Å². The number of hydrogen-bond acceptors (Lipinski definition) is 3. The molecule has 1 atom stereocenters. The summed E-state index contributed by atoms with van der Waals surface area (Å²) >= 11 is 0. The number of rotatable bonds is 7. The van der Waals surface area contributed by atoms with Gasteiger partial charge in [-0.2, -0.15) is 0 Å². The fourth-order valence-electron chi connectivity index (χ4n) is 2.09. The van der Waals surface area contributed by atoms with E-state index in [4.69, 9.17) is 4.74 Å². The number of aryl methyl sites for hydroxylation is 1. The number of methoxy groups -OCH3 is 1. The summed E-state index contributed by atoms with van der Waals surface area (Å²) < 4.78 is 5.23. The van der Waals surface area contributed by atoms with Crippen LogP contribution in [0.3, 0.4) is 0 Å². The van der Waals surface area contributed by atoms with Crippen molar-refractivity contribution in [3.63, 3.8) is 0 Å². The lowest BCUT2D eigenvalue weighted by atomic mass is 10.1. The second-order valence-corrected chi connectivity index (χ2v) is 4.38. The molecule has 1 aromatic carbocycles. The van der Waals surface area contributed by atoms with Crippen LogP contribution in [0.4, 0.5) is 5.69 Å². The minimum atomic E-state index is 0.370. The summed E-state index contributed by atoms with van der Waals surface area (Å²) in [6.45, 7) is 6.92. The average molecular weight is 236 g/mol. The first-order valence-electron chi connectivity index (χ1n) is 6.18. The Morgan fingerprint density at radius 1 is 1.35 bits per heavy atom. The molecule has 3 heteroatoms. The maximum absolute atomic E-state index is 5.23. The summed E-state index contributed by atoms with van der Waals surface area (Å²) in [5.74, 6) is 0. The maximum atomic E-state index is 5.23. The van der Waals surface area contributed by atoms with E-state index in [9.17, 15) is 0 Å². The Morgan fingerprint density at radius 2 is 2.06 bits per heavy atom. The van der Waals surface area contributed by atoms with Crippen LogP contribution in [0, 0.1) is 6.92 Å². The molecule has 96 valence electrons. The van der Waals surface area contributed by atoms with Gasteiger partial charge in [-0.05, 0) is 25.1 Å². The number of benzene rings is 1. The zero-order valence-corrected chi connectivity index (χ0v) is 11.4. The van der Waals surface area contributed by atoms with Gasteiger partial charge in [0.05, 0.1) is 6.61 Å². The maximum Gasteiger partial charge on any atom is 0.0633 e. The van der Waals surface area contributed by atoms with Gasteiger partial charge in [-0.1, -0.05) is 25.1 Å². The summed E-state index contributed by atoms with van der Waals surface area (Å²) in [5, 5.41) is 3.44. The molecule has 0 spiro atoms. The molecular weight excluding hydrogens is 212 g/mol. The van der Waals surface area contributed by atoms with Crippen LogP contribution < -0.4 is 10.2 Å². The molecular formula is C14H24N2O. The van der Waals surface area contributed by atoms with Gasteiger partial charge in [0.15, 0.2) is 0 Å². The zero-order valence-electron chi connectivity index (χ0n) is 11.4. The molecule has 0 aromatic heterocycles. The summed E-state index contributed by atoms with van der Waals surface area (Å²) in [4.78, 5) is 2.28. The van der Waals surface area contributed by atoms with Gasteiger partial charge in [0, 0.05) is 32.4 Å². The first-order chi connectivity index (χ1) is 8.19. The molecule has 0 radical (unpaired) electrons. The number of likely N-dealkylation sites (N-methyl/N-ethyl adjacent to an activating group) is 2. The number of hydrogen-bond donors (Lipinski definition) is 1. The molecule has 17 heavy (non-hydrogen) atoms. The zero-order chi connectivity index (χ0) is 12.7. The molecule has 1 N–H and O–H groups in total. The number of ether oxygens (including phenoxy) is 1. The van der Waals surface area contributed by atoms with Crippen LogP contribution in [0.2, 0.25) is 0 Å². The number of anilines is 1. The fourth-order valence-corrected chi connectivity index (χ4v) is 2.09. The Bertz CT molecular complexity index is 322. The van der Waals surface area contributed by atoms with E-state index in [1.54, 1.807) is 7.11 Å². The molecule has 1 unspecified atom stereocenters. The fraction of sp³-hybridized carbons (Fsp3) is 0.571. The molecule has 0 bridgehead atoms.